The number of methoxy groups -OCH3 is 2. The van der Waals surface area contributed by atoms with Gasteiger partial charge in [-0.15, -0.1) is 11.3 Å². The summed E-state index contributed by atoms with van der Waals surface area (Å²) in [5, 5.41) is 12.2. The minimum atomic E-state index is -0.157. The van der Waals surface area contributed by atoms with Crippen molar-refractivity contribution in [2.45, 2.75) is 13.3 Å². The summed E-state index contributed by atoms with van der Waals surface area (Å²) in [7, 11) is 3.19. The molecule has 1 amide bonds. The molecule has 0 saturated heterocycles. The van der Waals surface area contributed by atoms with Crippen molar-refractivity contribution in [2.24, 2.45) is 0 Å². The fourth-order valence-electron chi connectivity index (χ4n) is 2.32. The molecule has 0 aliphatic rings. The monoisotopic (exact) mass is 358 g/mol. The van der Waals surface area contributed by atoms with Crippen LogP contribution in [0.15, 0.2) is 29.6 Å². The van der Waals surface area contributed by atoms with E-state index in [9.17, 15) is 4.79 Å². The number of aromatic nitrogens is 3. The third kappa shape index (κ3) is 3.97. The van der Waals surface area contributed by atoms with Crippen molar-refractivity contribution < 1.29 is 14.3 Å². The molecule has 0 fully saturated rings. The SMILES string of the molecule is COc1ccc(-c2nc(CC(=O)Nc3cc(C)[nH]n3)cs2)cc1OC. The molecule has 0 bridgehead atoms. The predicted octanol–water partition coefficient (Wildman–Crippen LogP) is 3.04. The number of aryl methyl sites for hydroxylation is 1. The lowest BCUT2D eigenvalue weighted by Crippen LogP contribution is -2.14. The molecule has 0 unspecified atom stereocenters. The van der Waals surface area contributed by atoms with Crippen molar-refractivity contribution in [1.29, 1.82) is 0 Å². The number of rotatable bonds is 6. The van der Waals surface area contributed by atoms with Crippen LogP contribution in [0.2, 0.25) is 0 Å². The number of ether oxygens (including phenoxy) is 2. The van der Waals surface area contributed by atoms with Crippen LogP contribution < -0.4 is 14.8 Å². The molecule has 8 heteroatoms. The summed E-state index contributed by atoms with van der Waals surface area (Å²) in [6.45, 7) is 1.87. The van der Waals surface area contributed by atoms with Gasteiger partial charge in [0.25, 0.3) is 0 Å². The Morgan fingerprint density at radius 1 is 1.24 bits per heavy atom. The zero-order chi connectivity index (χ0) is 17.8. The lowest BCUT2D eigenvalue weighted by molar-refractivity contribution is -0.115. The standard InChI is InChI=1S/C17H18N4O3S/c1-10-6-15(21-20-10)19-16(22)8-12-9-25-17(18-12)11-4-5-13(23-2)14(7-11)24-3/h4-7,9H,8H2,1-3H3,(H2,19,20,21,22). The highest BCUT2D eigenvalue weighted by atomic mass is 32.1. The van der Waals surface area contributed by atoms with Gasteiger partial charge in [-0.05, 0) is 25.1 Å². The summed E-state index contributed by atoms with van der Waals surface area (Å²) in [6, 6.07) is 7.39. The zero-order valence-electron chi connectivity index (χ0n) is 14.1. The van der Waals surface area contributed by atoms with Crippen LogP contribution in [0.4, 0.5) is 5.82 Å². The maximum atomic E-state index is 12.1. The van der Waals surface area contributed by atoms with Gasteiger partial charge < -0.3 is 14.8 Å². The number of nitrogens with one attached hydrogen (secondary N) is 2. The summed E-state index contributed by atoms with van der Waals surface area (Å²) in [5.41, 5.74) is 2.51. The molecule has 3 aromatic rings. The van der Waals surface area contributed by atoms with Crippen molar-refractivity contribution in [3.8, 4) is 22.1 Å². The number of benzene rings is 1. The minimum absolute atomic E-state index is 0.157. The first-order valence-electron chi connectivity index (χ1n) is 7.57. The molecule has 0 spiro atoms. The van der Waals surface area contributed by atoms with Gasteiger partial charge in [0.15, 0.2) is 17.3 Å². The van der Waals surface area contributed by atoms with E-state index in [1.165, 1.54) is 11.3 Å². The average molecular weight is 358 g/mol. The lowest BCUT2D eigenvalue weighted by atomic mass is 10.2. The van der Waals surface area contributed by atoms with E-state index in [-0.39, 0.29) is 12.3 Å². The highest BCUT2D eigenvalue weighted by Gasteiger charge is 2.12. The third-order valence-corrected chi connectivity index (χ3v) is 4.44. The zero-order valence-corrected chi connectivity index (χ0v) is 14.9. The first-order chi connectivity index (χ1) is 12.1. The second kappa shape index (κ2) is 7.35. The van der Waals surface area contributed by atoms with Crippen LogP contribution in [0.1, 0.15) is 11.4 Å². The van der Waals surface area contributed by atoms with Crippen molar-refractivity contribution >= 4 is 23.1 Å². The van der Waals surface area contributed by atoms with E-state index in [1.54, 1.807) is 20.3 Å². The Kier molecular flexibility index (Phi) is 4.99. The molecule has 2 N–H and O–H groups in total. The Bertz CT molecular complexity index is 888. The van der Waals surface area contributed by atoms with E-state index in [0.717, 1.165) is 16.3 Å². The number of carbonyl (C=O) groups is 1. The molecule has 3 rings (SSSR count). The minimum Gasteiger partial charge on any atom is -0.493 e. The van der Waals surface area contributed by atoms with E-state index in [0.29, 0.717) is 23.0 Å². The molecule has 2 heterocycles. The van der Waals surface area contributed by atoms with E-state index < -0.39 is 0 Å². The van der Waals surface area contributed by atoms with Gasteiger partial charge in [0.1, 0.15) is 5.01 Å². The summed E-state index contributed by atoms with van der Waals surface area (Å²) in [4.78, 5) is 16.6. The summed E-state index contributed by atoms with van der Waals surface area (Å²) < 4.78 is 10.6. The van der Waals surface area contributed by atoms with Crippen LogP contribution >= 0.6 is 11.3 Å². The summed E-state index contributed by atoms with van der Waals surface area (Å²) in [5.74, 6) is 1.66. The largest absolute Gasteiger partial charge is 0.493 e. The first kappa shape index (κ1) is 17.0. The lowest BCUT2D eigenvalue weighted by Gasteiger charge is -2.08. The van der Waals surface area contributed by atoms with Gasteiger partial charge in [-0.2, -0.15) is 5.10 Å². The van der Waals surface area contributed by atoms with Gasteiger partial charge in [-0.1, -0.05) is 0 Å². The second-order valence-corrected chi connectivity index (χ2v) is 6.23. The molecule has 130 valence electrons. The molecule has 0 atom stereocenters. The van der Waals surface area contributed by atoms with Gasteiger partial charge in [0, 0.05) is 22.7 Å². The molecule has 0 saturated carbocycles. The Hall–Kier alpha value is -2.87. The molecule has 0 radical (unpaired) electrons. The van der Waals surface area contributed by atoms with Gasteiger partial charge >= 0.3 is 0 Å². The van der Waals surface area contributed by atoms with Gasteiger partial charge in [-0.3, -0.25) is 9.89 Å². The van der Waals surface area contributed by atoms with Gasteiger partial charge in [0.2, 0.25) is 5.91 Å². The van der Waals surface area contributed by atoms with Crippen molar-refractivity contribution in [1.82, 2.24) is 15.2 Å². The Labute approximate surface area is 149 Å². The van der Waals surface area contributed by atoms with Crippen LogP contribution in [0, 0.1) is 6.92 Å². The molecule has 25 heavy (non-hydrogen) atoms. The van der Waals surface area contributed by atoms with Crippen LogP contribution in [-0.4, -0.2) is 35.3 Å². The number of thiazole rings is 1. The van der Waals surface area contributed by atoms with E-state index in [2.05, 4.69) is 20.5 Å². The number of aromatic amines is 1. The molecule has 0 aliphatic carbocycles. The average Bonchev–Trinajstić information content (AvgIpc) is 3.23. The number of amides is 1. The van der Waals surface area contributed by atoms with Crippen molar-refractivity contribution in [3.05, 3.63) is 41.0 Å². The van der Waals surface area contributed by atoms with Gasteiger partial charge in [-0.25, -0.2) is 4.98 Å². The highest BCUT2D eigenvalue weighted by Crippen LogP contribution is 2.33. The highest BCUT2D eigenvalue weighted by molar-refractivity contribution is 7.13. The van der Waals surface area contributed by atoms with E-state index in [1.807, 2.05) is 30.5 Å². The number of hydrogen-bond donors (Lipinski definition) is 2. The Morgan fingerprint density at radius 2 is 2.04 bits per heavy atom. The van der Waals surface area contributed by atoms with Crippen molar-refractivity contribution in [3.63, 3.8) is 0 Å². The summed E-state index contributed by atoms with van der Waals surface area (Å²) >= 11 is 1.48. The van der Waals surface area contributed by atoms with Crippen LogP contribution in [0.3, 0.4) is 0 Å². The third-order valence-electron chi connectivity index (χ3n) is 3.50. The number of hydrogen-bond acceptors (Lipinski definition) is 6. The number of carbonyl (C=O) groups excluding carboxylic acids is 1. The second-order valence-electron chi connectivity index (χ2n) is 5.37. The van der Waals surface area contributed by atoms with Crippen LogP contribution in [0.5, 0.6) is 11.5 Å². The first-order valence-corrected chi connectivity index (χ1v) is 8.45. The molecule has 7 nitrogen and oxygen atoms in total. The smallest absolute Gasteiger partial charge is 0.231 e. The van der Waals surface area contributed by atoms with Crippen LogP contribution in [0.25, 0.3) is 10.6 Å². The molecular formula is C17H18N4O3S. The molecule has 0 aliphatic heterocycles. The van der Waals surface area contributed by atoms with E-state index in [4.69, 9.17) is 9.47 Å². The number of anilines is 1. The van der Waals surface area contributed by atoms with Gasteiger partial charge in [0.05, 0.1) is 26.3 Å². The van der Waals surface area contributed by atoms with Crippen LogP contribution in [-0.2, 0) is 11.2 Å². The number of H-pyrrole nitrogens is 1. The Balaban J connectivity index is 1.70. The van der Waals surface area contributed by atoms with Crippen molar-refractivity contribution in [2.75, 3.05) is 19.5 Å². The topological polar surface area (TPSA) is 89.1 Å². The fraction of sp³-hybridized carbons (Fsp3) is 0.235. The number of nitrogens with zero attached hydrogens (tertiary/aromatic N) is 2. The fourth-order valence-corrected chi connectivity index (χ4v) is 3.14. The predicted molar refractivity (Wildman–Crippen MR) is 96.3 cm³/mol. The molecular weight excluding hydrogens is 340 g/mol. The van der Waals surface area contributed by atoms with E-state index >= 15 is 0 Å². The summed E-state index contributed by atoms with van der Waals surface area (Å²) in [6.07, 6.45) is 0.190. The molecule has 2 aromatic heterocycles. The normalized spacial score (nSPS) is 10.5. The molecule has 1 aromatic carbocycles. The quantitative estimate of drug-likeness (QED) is 0.707. The maximum Gasteiger partial charge on any atom is 0.231 e. The maximum absolute atomic E-state index is 12.1. The Morgan fingerprint density at radius 3 is 2.72 bits per heavy atom.